The van der Waals surface area contributed by atoms with Crippen LogP contribution in [0.25, 0.3) is 0 Å². The van der Waals surface area contributed by atoms with Crippen molar-refractivity contribution in [3.8, 4) is 0 Å². The molecule has 2 rings (SSSR count). The fraction of sp³-hybridized carbons (Fsp3) is 0.421. The molecule has 5 nitrogen and oxygen atoms in total. The van der Waals surface area contributed by atoms with Gasteiger partial charge in [0.15, 0.2) is 5.96 Å². The molecule has 1 aromatic heterocycles. The zero-order chi connectivity index (χ0) is 17.2. The van der Waals surface area contributed by atoms with Gasteiger partial charge in [0, 0.05) is 39.1 Å². The van der Waals surface area contributed by atoms with Crippen LogP contribution in [0.2, 0.25) is 0 Å². The number of benzene rings is 1. The van der Waals surface area contributed by atoms with Gasteiger partial charge in [-0.1, -0.05) is 24.3 Å². The van der Waals surface area contributed by atoms with Gasteiger partial charge in [0.2, 0.25) is 0 Å². The molecule has 24 heavy (non-hydrogen) atoms. The monoisotopic (exact) mass is 328 g/mol. The second-order valence-electron chi connectivity index (χ2n) is 5.95. The van der Waals surface area contributed by atoms with Crippen molar-refractivity contribution in [3.63, 3.8) is 0 Å². The van der Waals surface area contributed by atoms with Crippen molar-refractivity contribution in [1.29, 1.82) is 0 Å². The van der Waals surface area contributed by atoms with Crippen LogP contribution in [-0.2, 0) is 24.4 Å². The van der Waals surface area contributed by atoms with Gasteiger partial charge < -0.3 is 19.9 Å². The molecule has 0 atom stereocenters. The molecule has 0 fully saturated rings. The van der Waals surface area contributed by atoms with Crippen LogP contribution in [0.1, 0.15) is 25.0 Å². The molecule has 2 N–H and O–H groups in total. The van der Waals surface area contributed by atoms with Crippen LogP contribution >= 0.6 is 0 Å². The second kappa shape index (κ2) is 9.78. The Labute approximate surface area is 144 Å². The quantitative estimate of drug-likeness (QED) is 0.579. The van der Waals surface area contributed by atoms with Crippen LogP contribution in [0.15, 0.2) is 53.8 Å². The Morgan fingerprint density at radius 3 is 2.38 bits per heavy atom. The molecule has 0 saturated heterocycles. The van der Waals surface area contributed by atoms with Crippen LogP contribution in [0.4, 0.5) is 0 Å². The van der Waals surface area contributed by atoms with E-state index in [0.717, 1.165) is 25.6 Å². The average Bonchev–Trinajstić information content (AvgIpc) is 3.10. The Morgan fingerprint density at radius 2 is 1.75 bits per heavy atom. The molecular formula is C19H28N4O. The highest BCUT2D eigenvalue weighted by Crippen LogP contribution is 2.07. The van der Waals surface area contributed by atoms with E-state index in [4.69, 9.17) is 4.74 Å². The summed E-state index contributed by atoms with van der Waals surface area (Å²) in [5, 5.41) is 6.65. The topological polar surface area (TPSA) is 50.6 Å². The maximum Gasteiger partial charge on any atom is 0.191 e. The van der Waals surface area contributed by atoms with E-state index >= 15 is 0 Å². The van der Waals surface area contributed by atoms with Crippen molar-refractivity contribution in [2.45, 2.75) is 39.6 Å². The summed E-state index contributed by atoms with van der Waals surface area (Å²) >= 11 is 0. The van der Waals surface area contributed by atoms with E-state index in [1.165, 1.54) is 11.1 Å². The fourth-order valence-corrected chi connectivity index (χ4v) is 2.25. The first kappa shape index (κ1) is 18.1. The summed E-state index contributed by atoms with van der Waals surface area (Å²) in [6.45, 7) is 7.25. The van der Waals surface area contributed by atoms with Crippen molar-refractivity contribution in [1.82, 2.24) is 15.2 Å². The van der Waals surface area contributed by atoms with E-state index in [1.54, 1.807) is 7.05 Å². The van der Waals surface area contributed by atoms with Crippen LogP contribution < -0.4 is 10.6 Å². The Morgan fingerprint density at radius 1 is 1.08 bits per heavy atom. The first-order valence-corrected chi connectivity index (χ1v) is 8.42. The lowest BCUT2D eigenvalue weighted by atomic mass is 10.1. The highest BCUT2D eigenvalue weighted by Gasteiger charge is 2.00. The third-order valence-corrected chi connectivity index (χ3v) is 3.62. The Kier molecular flexibility index (Phi) is 7.36. The molecule has 1 aromatic carbocycles. The van der Waals surface area contributed by atoms with Crippen molar-refractivity contribution in [2.75, 3.05) is 13.6 Å². The first-order chi connectivity index (χ1) is 11.7. The summed E-state index contributed by atoms with van der Waals surface area (Å²) in [5.74, 6) is 0.814. The molecule has 0 unspecified atom stereocenters. The standard InChI is InChI=1S/C19H28N4O/c1-16(2)24-15-18-8-6-17(7-9-18)14-22-19(20-3)21-10-13-23-11-4-5-12-23/h4-9,11-12,16H,10,13-15H2,1-3H3,(H2,20,21,22). The number of guanidine groups is 1. The minimum atomic E-state index is 0.257. The van der Waals surface area contributed by atoms with Crippen LogP contribution in [0, 0.1) is 0 Å². The number of hydrogen-bond donors (Lipinski definition) is 2. The molecule has 0 spiro atoms. The normalized spacial score (nSPS) is 11.8. The maximum absolute atomic E-state index is 5.61. The third-order valence-electron chi connectivity index (χ3n) is 3.62. The van der Waals surface area contributed by atoms with E-state index in [1.807, 2.05) is 26.0 Å². The molecule has 0 radical (unpaired) electrons. The average molecular weight is 328 g/mol. The van der Waals surface area contributed by atoms with Gasteiger partial charge in [0.05, 0.1) is 12.7 Å². The van der Waals surface area contributed by atoms with E-state index in [9.17, 15) is 0 Å². The molecule has 0 aliphatic rings. The van der Waals surface area contributed by atoms with Gasteiger partial charge in [0.1, 0.15) is 0 Å². The Hall–Kier alpha value is -2.27. The van der Waals surface area contributed by atoms with Crippen LogP contribution in [0.3, 0.4) is 0 Å². The lowest BCUT2D eigenvalue weighted by Gasteiger charge is -2.13. The number of rotatable bonds is 8. The largest absolute Gasteiger partial charge is 0.374 e. The predicted molar refractivity (Wildman–Crippen MR) is 99.0 cm³/mol. The van der Waals surface area contributed by atoms with Gasteiger partial charge in [0.25, 0.3) is 0 Å². The van der Waals surface area contributed by atoms with Gasteiger partial charge in [-0.3, -0.25) is 4.99 Å². The van der Waals surface area contributed by atoms with E-state index in [-0.39, 0.29) is 6.10 Å². The number of aromatic nitrogens is 1. The number of ether oxygens (including phenoxy) is 1. The van der Waals surface area contributed by atoms with Gasteiger partial charge in [-0.15, -0.1) is 0 Å². The summed E-state index contributed by atoms with van der Waals surface area (Å²) in [7, 11) is 1.79. The smallest absolute Gasteiger partial charge is 0.191 e. The molecule has 0 bridgehead atoms. The molecule has 1 heterocycles. The zero-order valence-corrected chi connectivity index (χ0v) is 14.8. The number of aliphatic imine (C=N–C) groups is 1. The number of nitrogens with one attached hydrogen (secondary N) is 2. The van der Waals surface area contributed by atoms with Gasteiger partial charge >= 0.3 is 0 Å². The highest BCUT2D eigenvalue weighted by molar-refractivity contribution is 5.79. The Bertz CT molecular complexity index is 603. The summed E-state index contributed by atoms with van der Waals surface area (Å²) in [6, 6.07) is 12.5. The molecule has 5 heteroatoms. The fourth-order valence-electron chi connectivity index (χ4n) is 2.25. The molecule has 0 aliphatic heterocycles. The highest BCUT2D eigenvalue weighted by atomic mass is 16.5. The minimum Gasteiger partial charge on any atom is -0.374 e. The van der Waals surface area contributed by atoms with Crippen LogP contribution in [0.5, 0.6) is 0 Å². The van der Waals surface area contributed by atoms with E-state index in [0.29, 0.717) is 6.61 Å². The second-order valence-corrected chi connectivity index (χ2v) is 5.95. The maximum atomic E-state index is 5.61. The lowest BCUT2D eigenvalue weighted by Crippen LogP contribution is -2.38. The van der Waals surface area contributed by atoms with Gasteiger partial charge in [-0.25, -0.2) is 0 Å². The SMILES string of the molecule is CN=C(NCCn1cccc1)NCc1ccc(COC(C)C)cc1. The third kappa shape index (κ3) is 6.46. The number of hydrogen-bond acceptors (Lipinski definition) is 2. The first-order valence-electron chi connectivity index (χ1n) is 8.42. The van der Waals surface area contributed by atoms with E-state index in [2.05, 4.69) is 56.9 Å². The van der Waals surface area contributed by atoms with Gasteiger partial charge in [-0.05, 0) is 37.1 Å². The van der Waals surface area contributed by atoms with Crippen molar-refractivity contribution in [3.05, 3.63) is 59.9 Å². The summed E-state index contributed by atoms with van der Waals surface area (Å²) < 4.78 is 7.75. The molecular weight excluding hydrogens is 300 g/mol. The number of nitrogens with zero attached hydrogens (tertiary/aromatic N) is 2. The minimum absolute atomic E-state index is 0.257. The summed E-state index contributed by atoms with van der Waals surface area (Å²) in [4.78, 5) is 4.25. The zero-order valence-electron chi connectivity index (χ0n) is 14.8. The van der Waals surface area contributed by atoms with Gasteiger partial charge in [-0.2, -0.15) is 0 Å². The molecule has 0 amide bonds. The molecule has 130 valence electrons. The summed E-state index contributed by atoms with van der Waals surface area (Å²) in [6.07, 6.45) is 4.37. The Balaban J connectivity index is 1.72. The predicted octanol–water partition coefficient (Wildman–Crippen LogP) is 2.78. The molecule has 2 aromatic rings. The van der Waals surface area contributed by atoms with Crippen LogP contribution in [-0.4, -0.2) is 30.2 Å². The lowest BCUT2D eigenvalue weighted by molar-refractivity contribution is 0.0657. The van der Waals surface area contributed by atoms with Crippen molar-refractivity contribution >= 4 is 5.96 Å². The molecule has 0 saturated carbocycles. The van der Waals surface area contributed by atoms with Crippen molar-refractivity contribution < 1.29 is 4.74 Å². The molecule has 0 aliphatic carbocycles. The summed E-state index contributed by atoms with van der Waals surface area (Å²) in [5.41, 5.74) is 2.42. The van der Waals surface area contributed by atoms with E-state index < -0.39 is 0 Å². The van der Waals surface area contributed by atoms with Crippen molar-refractivity contribution in [2.24, 2.45) is 4.99 Å².